The van der Waals surface area contributed by atoms with Crippen LogP contribution in [0.15, 0.2) is 0 Å². The van der Waals surface area contributed by atoms with Crippen molar-refractivity contribution < 1.29 is 18.0 Å². The summed E-state index contributed by atoms with van der Waals surface area (Å²) in [6.07, 6.45) is 3.79. The van der Waals surface area contributed by atoms with Gasteiger partial charge in [-0.15, -0.1) is 0 Å². The molecule has 0 aliphatic carbocycles. The second-order valence-corrected chi connectivity index (χ2v) is 8.37. The lowest BCUT2D eigenvalue weighted by Gasteiger charge is -2.38. The van der Waals surface area contributed by atoms with E-state index in [2.05, 4.69) is 0 Å². The van der Waals surface area contributed by atoms with E-state index in [4.69, 9.17) is 0 Å². The first-order valence-electron chi connectivity index (χ1n) is 8.34. The number of amides is 2. The van der Waals surface area contributed by atoms with Crippen LogP contribution in [0.5, 0.6) is 0 Å². The lowest BCUT2D eigenvalue weighted by atomic mass is 9.96. The fourth-order valence-corrected chi connectivity index (χ4v) is 4.11. The molecule has 2 amide bonds. The number of piperidine rings is 1. The van der Waals surface area contributed by atoms with Crippen molar-refractivity contribution in [2.45, 2.75) is 32.6 Å². The highest BCUT2D eigenvalue weighted by Gasteiger charge is 2.33. The van der Waals surface area contributed by atoms with Gasteiger partial charge in [-0.25, -0.2) is 12.7 Å². The summed E-state index contributed by atoms with van der Waals surface area (Å²) in [6.45, 7) is 5.20. The maximum atomic E-state index is 12.6. The zero-order valence-electron chi connectivity index (χ0n) is 14.0. The van der Waals surface area contributed by atoms with Gasteiger partial charge in [0, 0.05) is 51.6 Å². The molecule has 2 aliphatic rings. The molecule has 8 heteroatoms. The van der Waals surface area contributed by atoms with Crippen molar-refractivity contribution in [2.24, 2.45) is 5.92 Å². The first-order valence-corrected chi connectivity index (χ1v) is 10.2. The predicted molar refractivity (Wildman–Crippen MR) is 87.2 cm³/mol. The molecule has 0 bridgehead atoms. The second-order valence-electron chi connectivity index (χ2n) is 6.39. The number of sulfonamides is 1. The molecule has 132 valence electrons. The third kappa shape index (κ3) is 4.67. The number of hydrogen-bond donors (Lipinski definition) is 0. The molecule has 2 aliphatic heterocycles. The first kappa shape index (κ1) is 18.2. The molecule has 0 saturated carbocycles. The van der Waals surface area contributed by atoms with Gasteiger partial charge in [0.25, 0.3) is 0 Å². The lowest BCUT2D eigenvalue weighted by Crippen LogP contribution is -2.53. The largest absolute Gasteiger partial charge is 0.339 e. The molecule has 2 heterocycles. The lowest BCUT2D eigenvalue weighted by molar-refractivity contribution is -0.143. The van der Waals surface area contributed by atoms with Crippen molar-refractivity contribution in [3.05, 3.63) is 0 Å². The number of nitrogens with zero attached hydrogens (tertiary/aromatic N) is 3. The van der Waals surface area contributed by atoms with Crippen molar-refractivity contribution in [2.75, 3.05) is 45.5 Å². The van der Waals surface area contributed by atoms with Gasteiger partial charge in [0.15, 0.2) is 0 Å². The summed E-state index contributed by atoms with van der Waals surface area (Å²) in [6, 6.07) is 0. The van der Waals surface area contributed by atoms with Crippen molar-refractivity contribution >= 4 is 21.8 Å². The number of hydrogen-bond acceptors (Lipinski definition) is 4. The van der Waals surface area contributed by atoms with E-state index >= 15 is 0 Å². The molecule has 2 saturated heterocycles. The Hall–Kier alpha value is -1.15. The van der Waals surface area contributed by atoms with Crippen LogP contribution in [0.1, 0.15) is 32.6 Å². The number of rotatable bonds is 4. The van der Waals surface area contributed by atoms with E-state index in [-0.39, 0.29) is 17.7 Å². The summed E-state index contributed by atoms with van der Waals surface area (Å²) >= 11 is 0. The van der Waals surface area contributed by atoms with E-state index < -0.39 is 10.0 Å². The molecule has 0 aromatic heterocycles. The van der Waals surface area contributed by atoms with Crippen LogP contribution in [0.25, 0.3) is 0 Å². The second kappa shape index (κ2) is 7.61. The maximum absolute atomic E-state index is 12.6. The number of carbonyl (C=O) groups excluding carboxylic acids is 2. The Morgan fingerprint density at radius 1 is 0.957 bits per heavy atom. The van der Waals surface area contributed by atoms with E-state index in [0.29, 0.717) is 58.5 Å². The van der Waals surface area contributed by atoms with E-state index in [1.807, 2.05) is 16.7 Å². The highest BCUT2D eigenvalue weighted by molar-refractivity contribution is 7.88. The van der Waals surface area contributed by atoms with E-state index in [1.165, 1.54) is 10.6 Å². The summed E-state index contributed by atoms with van der Waals surface area (Å²) in [4.78, 5) is 28.1. The molecule has 0 atom stereocenters. The summed E-state index contributed by atoms with van der Waals surface area (Å²) in [7, 11) is -3.16. The van der Waals surface area contributed by atoms with Gasteiger partial charge >= 0.3 is 0 Å². The van der Waals surface area contributed by atoms with Gasteiger partial charge in [0.05, 0.1) is 6.26 Å². The smallest absolute Gasteiger partial charge is 0.225 e. The molecule has 0 radical (unpaired) electrons. The minimum absolute atomic E-state index is 0.0918. The zero-order chi connectivity index (χ0) is 17.0. The van der Waals surface area contributed by atoms with E-state index in [1.54, 1.807) is 0 Å². The van der Waals surface area contributed by atoms with E-state index in [9.17, 15) is 18.0 Å². The highest BCUT2D eigenvalue weighted by Crippen LogP contribution is 2.22. The molecule has 0 aromatic rings. The van der Waals surface area contributed by atoms with Crippen LogP contribution < -0.4 is 0 Å². The molecule has 0 unspecified atom stereocenters. The van der Waals surface area contributed by atoms with Crippen LogP contribution in [0, 0.1) is 5.92 Å². The Kier molecular flexibility index (Phi) is 6.02. The topological polar surface area (TPSA) is 78.0 Å². The van der Waals surface area contributed by atoms with Crippen LogP contribution in [-0.4, -0.2) is 79.9 Å². The zero-order valence-corrected chi connectivity index (χ0v) is 14.8. The van der Waals surface area contributed by atoms with Gasteiger partial charge in [-0.1, -0.05) is 6.92 Å². The molecule has 0 aromatic carbocycles. The minimum Gasteiger partial charge on any atom is -0.339 e. The van der Waals surface area contributed by atoms with Gasteiger partial charge in [-0.3, -0.25) is 9.59 Å². The first-order chi connectivity index (χ1) is 10.8. The molecular weight excluding hydrogens is 318 g/mol. The van der Waals surface area contributed by atoms with Crippen molar-refractivity contribution in [1.82, 2.24) is 14.1 Å². The van der Waals surface area contributed by atoms with E-state index in [0.717, 1.165) is 6.42 Å². The number of carbonyl (C=O) groups is 2. The van der Waals surface area contributed by atoms with Crippen molar-refractivity contribution in [1.29, 1.82) is 0 Å². The average Bonchev–Trinajstić information content (AvgIpc) is 2.54. The molecule has 2 fully saturated rings. The van der Waals surface area contributed by atoms with Crippen molar-refractivity contribution in [3.63, 3.8) is 0 Å². The van der Waals surface area contributed by atoms with Crippen LogP contribution >= 0.6 is 0 Å². The normalized spacial score (nSPS) is 21.5. The molecule has 7 nitrogen and oxygen atoms in total. The molecule has 23 heavy (non-hydrogen) atoms. The molecule has 0 N–H and O–H groups in total. The maximum Gasteiger partial charge on any atom is 0.225 e. The number of piperazine rings is 1. The van der Waals surface area contributed by atoms with Crippen molar-refractivity contribution in [3.8, 4) is 0 Å². The Morgan fingerprint density at radius 3 is 1.96 bits per heavy atom. The van der Waals surface area contributed by atoms with Gasteiger partial charge in [-0.05, 0) is 19.3 Å². The standard InChI is InChI=1S/C15H27N3O4S/c1-3-4-14(19)16-9-11-17(12-10-16)15(20)13-5-7-18(8-6-13)23(2,21)22/h13H,3-12H2,1-2H3. The van der Waals surface area contributed by atoms with Crippen LogP contribution in [0.2, 0.25) is 0 Å². The average molecular weight is 345 g/mol. The molecular formula is C15H27N3O4S. The third-order valence-corrected chi connectivity index (χ3v) is 5.98. The quantitative estimate of drug-likeness (QED) is 0.725. The Labute approximate surface area is 138 Å². The predicted octanol–water partition coefficient (Wildman–Crippen LogP) is 0.129. The Morgan fingerprint density at radius 2 is 1.48 bits per heavy atom. The van der Waals surface area contributed by atoms with Gasteiger partial charge in [-0.2, -0.15) is 0 Å². The minimum atomic E-state index is -3.16. The third-order valence-electron chi connectivity index (χ3n) is 4.68. The van der Waals surface area contributed by atoms with Crippen LogP contribution in [0.3, 0.4) is 0 Å². The highest BCUT2D eigenvalue weighted by atomic mass is 32.2. The summed E-state index contributed by atoms with van der Waals surface area (Å²) in [5.41, 5.74) is 0. The van der Waals surface area contributed by atoms with Gasteiger partial charge in [0.2, 0.25) is 21.8 Å². The molecule has 0 spiro atoms. The summed E-state index contributed by atoms with van der Waals surface area (Å²) < 4.78 is 24.5. The van der Waals surface area contributed by atoms with Crippen LogP contribution in [0.4, 0.5) is 0 Å². The Bertz CT molecular complexity index is 533. The van der Waals surface area contributed by atoms with Crippen LogP contribution in [-0.2, 0) is 19.6 Å². The Balaban J connectivity index is 1.81. The summed E-state index contributed by atoms with van der Waals surface area (Å²) in [5.74, 6) is 0.188. The fraction of sp³-hybridized carbons (Fsp3) is 0.867. The molecule has 2 rings (SSSR count). The van der Waals surface area contributed by atoms with Gasteiger partial charge < -0.3 is 9.80 Å². The monoisotopic (exact) mass is 345 g/mol. The SMILES string of the molecule is CCCC(=O)N1CCN(C(=O)C2CCN(S(C)(=O)=O)CC2)CC1. The van der Waals surface area contributed by atoms with Gasteiger partial charge in [0.1, 0.15) is 0 Å². The summed E-state index contributed by atoms with van der Waals surface area (Å²) in [5, 5.41) is 0. The fourth-order valence-electron chi connectivity index (χ4n) is 3.24.